The number of rotatable bonds is 8. The normalized spacial score (nSPS) is 19.6. The molecule has 0 radical (unpaired) electrons. The van der Waals surface area contributed by atoms with Gasteiger partial charge in [0.2, 0.25) is 0 Å². The van der Waals surface area contributed by atoms with Crippen LogP contribution in [0, 0.1) is 5.92 Å². The van der Waals surface area contributed by atoms with Gasteiger partial charge in [-0.1, -0.05) is 37.8 Å². The van der Waals surface area contributed by atoms with Crippen LogP contribution < -0.4 is 5.32 Å². The largest absolute Gasteiger partial charge is 0.377 e. The van der Waals surface area contributed by atoms with E-state index in [2.05, 4.69) is 25.2 Å². The number of nitrogens with one attached hydrogen (secondary N) is 1. The highest BCUT2D eigenvalue weighted by Crippen LogP contribution is 2.31. The Hall–Kier alpha value is -0.0900. The fraction of sp³-hybridized carbons (Fsp3) is 0.765. The molecule has 1 heterocycles. The van der Waals surface area contributed by atoms with Gasteiger partial charge in [0.05, 0.1) is 10.4 Å². The molecule has 0 aliphatic heterocycles. The summed E-state index contributed by atoms with van der Waals surface area (Å²) in [5.74, 6) is 0.707. The number of thiophene rings is 1. The van der Waals surface area contributed by atoms with Gasteiger partial charge in [-0.15, -0.1) is 11.3 Å². The highest BCUT2D eigenvalue weighted by Gasteiger charge is 2.31. The first-order chi connectivity index (χ1) is 10.2. The van der Waals surface area contributed by atoms with Crippen LogP contribution in [-0.2, 0) is 11.2 Å². The third-order valence-electron chi connectivity index (χ3n) is 4.39. The molecule has 1 aliphatic carbocycles. The summed E-state index contributed by atoms with van der Waals surface area (Å²) in [5, 5.41) is 3.66. The number of halogens is 1. The predicted molar refractivity (Wildman–Crippen MR) is 92.5 cm³/mol. The molecule has 1 aliphatic rings. The zero-order chi connectivity index (χ0) is 15.1. The average Bonchev–Trinajstić information content (AvgIpc) is 2.90. The van der Waals surface area contributed by atoms with E-state index in [1.54, 1.807) is 11.3 Å². The lowest BCUT2D eigenvalue weighted by molar-refractivity contribution is -0.0169. The van der Waals surface area contributed by atoms with E-state index in [1.165, 1.54) is 37.0 Å². The monoisotopic (exact) mass is 329 g/mol. The SMILES string of the molecule is CCNC(Cc1ccc(Cl)s1)C(OCC)C1CCCCC1. The van der Waals surface area contributed by atoms with E-state index in [9.17, 15) is 0 Å². The first kappa shape index (κ1) is 17.3. The van der Waals surface area contributed by atoms with Crippen molar-refractivity contribution in [3.63, 3.8) is 0 Å². The minimum atomic E-state index is 0.330. The van der Waals surface area contributed by atoms with Crippen molar-refractivity contribution >= 4 is 22.9 Å². The summed E-state index contributed by atoms with van der Waals surface area (Å²) in [6.07, 6.45) is 8.09. The van der Waals surface area contributed by atoms with Gasteiger partial charge in [0.15, 0.2) is 0 Å². The molecule has 0 amide bonds. The van der Waals surface area contributed by atoms with Gasteiger partial charge in [0.25, 0.3) is 0 Å². The molecule has 0 aromatic carbocycles. The molecule has 0 spiro atoms. The third-order valence-corrected chi connectivity index (χ3v) is 5.64. The standard InChI is InChI=1S/C17H28ClNOS/c1-3-19-15(12-14-10-11-16(18)21-14)17(20-4-2)13-8-6-5-7-9-13/h10-11,13,15,17,19H,3-9,12H2,1-2H3. The number of likely N-dealkylation sites (N-methyl/N-ethyl adjacent to an activating group) is 1. The molecule has 2 atom stereocenters. The van der Waals surface area contributed by atoms with Crippen molar-refractivity contribution in [2.24, 2.45) is 5.92 Å². The molecule has 120 valence electrons. The number of hydrogen-bond acceptors (Lipinski definition) is 3. The van der Waals surface area contributed by atoms with Crippen molar-refractivity contribution < 1.29 is 4.74 Å². The zero-order valence-electron chi connectivity index (χ0n) is 13.2. The Morgan fingerprint density at radius 2 is 2.05 bits per heavy atom. The van der Waals surface area contributed by atoms with E-state index in [4.69, 9.17) is 16.3 Å². The summed E-state index contributed by atoms with van der Waals surface area (Å²) < 4.78 is 7.06. The van der Waals surface area contributed by atoms with Gasteiger partial charge in [0, 0.05) is 17.5 Å². The van der Waals surface area contributed by atoms with Crippen LogP contribution in [0.15, 0.2) is 12.1 Å². The van der Waals surface area contributed by atoms with Gasteiger partial charge in [-0.2, -0.15) is 0 Å². The van der Waals surface area contributed by atoms with Crippen molar-refractivity contribution in [2.75, 3.05) is 13.2 Å². The van der Waals surface area contributed by atoms with E-state index in [0.29, 0.717) is 18.1 Å². The van der Waals surface area contributed by atoms with Gasteiger partial charge in [-0.25, -0.2) is 0 Å². The highest BCUT2D eigenvalue weighted by molar-refractivity contribution is 7.16. The van der Waals surface area contributed by atoms with Gasteiger partial charge in [-0.3, -0.25) is 0 Å². The lowest BCUT2D eigenvalue weighted by atomic mass is 9.81. The third kappa shape index (κ3) is 5.24. The van der Waals surface area contributed by atoms with Crippen LogP contribution in [0.5, 0.6) is 0 Å². The van der Waals surface area contributed by atoms with Gasteiger partial charge in [0.1, 0.15) is 0 Å². The fourth-order valence-corrected chi connectivity index (χ4v) is 4.63. The molecule has 0 bridgehead atoms. The maximum Gasteiger partial charge on any atom is 0.0931 e. The molecule has 2 nitrogen and oxygen atoms in total. The summed E-state index contributed by atoms with van der Waals surface area (Å²) in [6.45, 7) is 6.08. The number of ether oxygens (including phenoxy) is 1. The molecule has 1 N–H and O–H groups in total. The lowest BCUT2D eigenvalue weighted by Gasteiger charge is -2.36. The maximum atomic E-state index is 6.18. The second-order valence-corrected chi connectivity index (χ2v) is 7.69. The van der Waals surface area contributed by atoms with E-state index in [-0.39, 0.29) is 0 Å². The molecule has 1 aromatic rings. The van der Waals surface area contributed by atoms with Crippen molar-refractivity contribution in [2.45, 2.75) is 64.5 Å². The lowest BCUT2D eigenvalue weighted by Crippen LogP contribution is -2.47. The van der Waals surface area contributed by atoms with Gasteiger partial charge < -0.3 is 10.1 Å². The topological polar surface area (TPSA) is 21.3 Å². The van der Waals surface area contributed by atoms with Crippen molar-refractivity contribution in [1.29, 1.82) is 0 Å². The van der Waals surface area contributed by atoms with E-state index >= 15 is 0 Å². The minimum Gasteiger partial charge on any atom is -0.377 e. The second-order valence-electron chi connectivity index (χ2n) is 5.89. The minimum absolute atomic E-state index is 0.330. The summed E-state index contributed by atoms with van der Waals surface area (Å²) >= 11 is 7.77. The van der Waals surface area contributed by atoms with Crippen molar-refractivity contribution in [3.8, 4) is 0 Å². The maximum absolute atomic E-state index is 6.18. The number of hydrogen-bond donors (Lipinski definition) is 1. The van der Waals surface area contributed by atoms with E-state index in [1.807, 2.05) is 6.07 Å². The molecular formula is C17H28ClNOS. The Morgan fingerprint density at radius 3 is 2.62 bits per heavy atom. The fourth-order valence-electron chi connectivity index (χ4n) is 3.48. The Morgan fingerprint density at radius 1 is 1.29 bits per heavy atom. The van der Waals surface area contributed by atoms with Crippen LogP contribution in [0.1, 0.15) is 50.8 Å². The Kier molecular flexibility index (Phi) is 7.51. The molecule has 0 saturated heterocycles. The van der Waals surface area contributed by atoms with Crippen molar-refractivity contribution in [1.82, 2.24) is 5.32 Å². The summed E-state index contributed by atoms with van der Waals surface area (Å²) in [6, 6.07) is 4.55. The predicted octanol–water partition coefficient (Wildman–Crippen LogP) is 4.91. The smallest absolute Gasteiger partial charge is 0.0931 e. The van der Waals surface area contributed by atoms with E-state index in [0.717, 1.165) is 23.9 Å². The molecule has 1 aromatic heterocycles. The Bertz CT molecular complexity index is 403. The van der Waals surface area contributed by atoms with Crippen LogP contribution in [-0.4, -0.2) is 25.3 Å². The van der Waals surface area contributed by atoms with Crippen LogP contribution in [0.25, 0.3) is 0 Å². The Balaban J connectivity index is 2.06. The summed E-state index contributed by atoms with van der Waals surface area (Å²) in [4.78, 5) is 1.35. The summed E-state index contributed by atoms with van der Waals surface area (Å²) in [5.41, 5.74) is 0. The first-order valence-corrected chi connectivity index (χ1v) is 9.53. The quantitative estimate of drug-likeness (QED) is 0.731. The zero-order valence-corrected chi connectivity index (χ0v) is 14.8. The van der Waals surface area contributed by atoms with Crippen molar-refractivity contribution in [3.05, 3.63) is 21.3 Å². The highest BCUT2D eigenvalue weighted by atomic mass is 35.5. The van der Waals surface area contributed by atoms with Gasteiger partial charge in [-0.05, 0) is 50.8 Å². The molecule has 4 heteroatoms. The molecule has 1 saturated carbocycles. The Labute approximate surface area is 138 Å². The molecule has 21 heavy (non-hydrogen) atoms. The van der Waals surface area contributed by atoms with Crippen LogP contribution >= 0.6 is 22.9 Å². The molecule has 2 unspecified atom stereocenters. The van der Waals surface area contributed by atoms with Gasteiger partial charge >= 0.3 is 0 Å². The molecule has 2 rings (SSSR count). The molecule has 1 fully saturated rings. The van der Waals surface area contributed by atoms with Crippen LogP contribution in [0.3, 0.4) is 0 Å². The molecular weight excluding hydrogens is 302 g/mol. The average molecular weight is 330 g/mol. The summed E-state index contributed by atoms with van der Waals surface area (Å²) in [7, 11) is 0. The second kappa shape index (κ2) is 9.14. The first-order valence-electron chi connectivity index (χ1n) is 8.33. The van der Waals surface area contributed by atoms with Crippen LogP contribution in [0.2, 0.25) is 4.34 Å². The van der Waals surface area contributed by atoms with E-state index < -0.39 is 0 Å². The van der Waals surface area contributed by atoms with Crippen LogP contribution in [0.4, 0.5) is 0 Å².